The third-order valence-corrected chi connectivity index (χ3v) is 9.08. The number of carbonyl (C=O) groups is 1. The predicted molar refractivity (Wildman–Crippen MR) is 111 cm³/mol. The van der Waals surface area contributed by atoms with Crippen LogP contribution in [0.5, 0.6) is 0 Å². The number of rotatable bonds is 4. The van der Waals surface area contributed by atoms with Crippen LogP contribution in [0.1, 0.15) is 12.8 Å². The topological polar surface area (TPSA) is 66.5 Å². The molecule has 0 saturated carbocycles. The number of halogens is 1. The van der Waals surface area contributed by atoms with Gasteiger partial charge in [0.1, 0.15) is 4.21 Å². The fourth-order valence-electron chi connectivity index (χ4n) is 3.23. The molecule has 0 aliphatic carbocycles. The lowest BCUT2D eigenvalue weighted by atomic mass is 9.98. The van der Waals surface area contributed by atoms with Crippen molar-refractivity contribution in [3.05, 3.63) is 46.1 Å². The summed E-state index contributed by atoms with van der Waals surface area (Å²) in [5.41, 5.74) is 0.732. The third kappa shape index (κ3) is 3.90. The van der Waals surface area contributed by atoms with E-state index in [2.05, 4.69) is 5.32 Å². The van der Waals surface area contributed by atoms with E-state index in [-0.39, 0.29) is 22.6 Å². The van der Waals surface area contributed by atoms with Gasteiger partial charge in [0.05, 0.1) is 10.3 Å². The van der Waals surface area contributed by atoms with E-state index in [1.54, 1.807) is 17.4 Å². The molecular weight excluding hydrogens is 424 g/mol. The maximum Gasteiger partial charge on any atom is 0.252 e. The van der Waals surface area contributed by atoms with Gasteiger partial charge in [-0.05, 0) is 60.0 Å². The highest BCUT2D eigenvalue weighted by atomic mass is 35.5. The summed E-state index contributed by atoms with van der Waals surface area (Å²) >= 11 is 8.57. The van der Waals surface area contributed by atoms with Crippen LogP contribution in [0.3, 0.4) is 0 Å². The summed E-state index contributed by atoms with van der Waals surface area (Å²) in [6.07, 6.45) is 1.32. The number of sulfonamides is 1. The van der Waals surface area contributed by atoms with Crippen molar-refractivity contribution in [3.63, 3.8) is 0 Å². The molecule has 1 aromatic carbocycles. The zero-order valence-corrected chi connectivity index (χ0v) is 17.4. The zero-order chi connectivity index (χ0) is 19.0. The first kappa shape index (κ1) is 18.9. The zero-order valence-electron chi connectivity index (χ0n) is 14.2. The minimum Gasteiger partial charge on any atom is -0.326 e. The van der Waals surface area contributed by atoms with Gasteiger partial charge in [0, 0.05) is 23.5 Å². The van der Waals surface area contributed by atoms with Crippen LogP contribution in [0.15, 0.2) is 46.0 Å². The monoisotopic (exact) mass is 440 g/mol. The van der Waals surface area contributed by atoms with E-state index in [1.165, 1.54) is 10.4 Å². The van der Waals surface area contributed by atoms with Crippen LogP contribution < -0.4 is 5.32 Å². The summed E-state index contributed by atoms with van der Waals surface area (Å²) in [6.45, 7) is 0.604. The van der Waals surface area contributed by atoms with Crippen molar-refractivity contribution in [1.29, 1.82) is 0 Å². The summed E-state index contributed by atoms with van der Waals surface area (Å²) in [5, 5.41) is 6.03. The highest BCUT2D eigenvalue weighted by molar-refractivity contribution is 7.91. The lowest BCUT2D eigenvalue weighted by Crippen LogP contribution is -2.43. The molecule has 27 heavy (non-hydrogen) atoms. The minimum atomic E-state index is -3.61. The van der Waals surface area contributed by atoms with E-state index in [0.717, 1.165) is 27.1 Å². The van der Waals surface area contributed by atoms with E-state index >= 15 is 0 Å². The van der Waals surface area contributed by atoms with E-state index in [0.29, 0.717) is 23.7 Å². The average molecular weight is 441 g/mol. The normalized spacial score (nSPS) is 18.6. The predicted octanol–water partition coefficient (Wildman–Crippen LogP) is 4.66. The van der Waals surface area contributed by atoms with Gasteiger partial charge in [-0.2, -0.15) is 4.31 Å². The van der Waals surface area contributed by atoms with Gasteiger partial charge in [0.2, 0.25) is 5.91 Å². The number of nitrogens with zero attached hydrogens (tertiary/aromatic N) is 1. The average Bonchev–Trinajstić information content (AvgIpc) is 3.30. The second-order valence-corrected chi connectivity index (χ2v) is 11.3. The second kappa shape index (κ2) is 7.52. The number of anilines is 1. The van der Waals surface area contributed by atoms with Gasteiger partial charge in [-0.15, -0.1) is 22.7 Å². The summed E-state index contributed by atoms with van der Waals surface area (Å²) < 4.78 is 28.8. The van der Waals surface area contributed by atoms with Crippen LogP contribution in [0.4, 0.5) is 5.69 Å². The Labute approximate surface area is 170 Å². The molecule has 142 valence electrons. The largest absolute Gasteiger partial charge is 0.326 e. The van der Waals surface area contributed by atoms with Gasteiger partial charge in [0.15, 0.2) is 0 Å². The summed E-state index contributed by atoms with van der Waals surface area (Å²) in [5.74, 6) is -0.518. The first-order valence-electron chi connectivity index (χ1n) is 8.47. The molecule has 1 unspecified atom stereocenters. The van der Waals surface area contributed by atoms with Crippen molar-refractivity contribution in [2.45, 2.75) is 17.1 Å². The molecule has 0 radical (unpaired) electrons. The third-order valence-electron chi connectivity index (χ3n) is 4.62. The maximum absolute atomic E-state index is 12.8. The molecular formula is C18H17ClN2O3S3. The van der Waals surface area contributed by atoms with Gasteiger partial charge in [-0.3, -0.25) is 4.79 Å². The van der Waals surface area contributed by atoms with Crippen LogP contribution in [0, 0.1) is 5.92 Å². The van der Waals surface area contributed by atoms with E-state index in [9.17, 15) is 13.2 Å². The molecule has 1 N–H and O–H groups in total. The van der Waals surface area contributed by atoms with Crippen molar-refractivity contribution >= 4 is 66.0 Å². The fourth-order valence-corrected chi connectivity index (χ4v) is 7.16. The lowest BCUT2D eigenvalue weighted by Gasteiger charge is -2.30. The molecule has 3 heterocycles. The van der Waals surface area contributed by atoms with Gasteiger partial charge in [-0.1, -0.05) is 11.6 Å². The summed E-state index contributed by atoms with van der Waals surface area (Å²) in [6, 6.07) is 10.9. The quantitative estimate of drug-likeness (QED) is 0.641. The molecule has 2 aromatic heterocycles. The number of piperidine rings is 1. The molecule has 1 aliphatic rings. The number of thiophene rings is 2. The Kier molecular flexibility index (Phi) is 5.26. The van der Waals surface area contributed by atoms with Gasteiger partial charge in [-0.25, -0.2) is 8.42 Å². The maximum atomic E-state index is 12.8. The molecule has 1 fully saturated rings. The number of benzene rings is 1. The van der Waals surface area contributed by atoms with E-state index in [1.807, 2.05) is 29.6 Å². The van der Waals surface area contributed by atoms with Crippen LogP contribution in [0.2, 0.25) is 4.34 Å². The molecule has 5 nitrogen and oxygen atoms in total. The smallest absolute Gasteiger partial charge is 0.252 e. The van der Waals surface area contributed by atoms with E-state index < -0.39 is 10.0 Å². The number of hydrogen-bond acceptors (Lipinski definition) is 5. The molecule has 3 aromatic rings. The highest BCUT2D eigenvalue weighted by Crippen LogP contribution is 2.31. The molecule has 1 saturated heterocycles. The molecule has 9 heteroatoms. The SMILES string of the molecule is O=C(Nc1ccc2sccc2c1)C1CCCN(S(=O)(=O)c2ccc(Cl)s2)C1. The molecule has 1 aliphatic heterocycles. The summed E-state index contributed by atoms with van der Waals surface area (Å²) in [4.78, 5) is 12.7. The Morgan fingerprint density at radius 2 is 2.07 bits per heavy atom. The van der Waals surface area contributed by atoms with Gasteiger partial charge in [0.25, 0.3) is 10.0 Å². The van der Waals surface area contributed by atoms with Crippen LogP contribution in [-0.2, 0) is 14.8 Å². The standard InChI is InChI=1S/C18H17ClN2O3S3/c19-16-5-6-17(26-16)27(23,24)21-8-1-2-13(11-21)18(22)20-14-3-4-15-12(10-14)7-9-25-15/h3-7,9-10,13H,1-2,8,11H2,(H,20,22). The molecule has 4 rings (SSSR count). The number of fused-ring (bicyclic) bond motifs is 1. The second-order valence-electron chi connectivity index (χ2n) is 6.42. The van der Waals surface area contributed by atoms with Gasteiger partial charge >= 0.3 is 0 Å². The Morgan fingerprint density at radius 3 is 2.85 bits per heavy atom. The van der Waals surface area contributed by atoms with Crippen molar-refractivity contribution in [2.75, 3.05) is 18.4 Å². The van der Waals surface area contributed by atoms with Crippen molar-refractivity contribution in [2.24, 2.45) is 5.92 Å². The van der Waals surface area contributed by atoms with Gasteiger partial charge < -0.3 is 5.32 Å². The van der Waals surface area contributed by atoms with Crippen LogP contribution >= 0.6 is 34.3 Å². The molecule has 0 bridgehead atoms. The van der Waals surface area contributed by atoms with Crippen molar-refractivity contribution < 1.29 is 13.2 Å². The first-order chi connectivity index (χ1) is 12.9. The number of carbonyl (C=O) groups excluding carboxylic acids is 1. The fraction of sp³-hybridized carbons (Fsp3) is 0.278. The highest BCUT2D eigenvalue weighted by Gasteiger charge is 2.34. The lowest BCUT2D eigenvalue weighted by molar-refractivity contribution is -0.120. The summed E-state index contributed by atoms with van der Waals surface area (Å²) in [7, 11) is -3.61. The molecule has 1 amide bonds. The first-order valence-corrected chi connectivity index (χ1v) is 12.0. The Morgan fingerprint density at radius 1 is 1.22 bits per heavy atom. The van der Waals surface area contributed by atoms with Crippen LogP contribution in [0.25, 0.3) is 10.1 Å². The Balaban J connectivity index is 1.48. The number of nitrogens with one attached hydrogen (secondary N) is 1. The minimum absolute atomic E-state index is 0.145. The Hall–Kier alpha value is -1.45. The molecule has 0 spiro atoms. The molecule has 1 atom stereocenters. The van der Waals surface area contributed by atoms with Crippen LogP contribution in [-0.4, -0.2) is 31.7 Å². The van der Waals surface area contributed by atoms with Crippen molar-refractivity contribution in [3.8, 4) is 0 Å². The number of hydrogen-bond donors (Lipinski definition) is 1. The Bertz CT molecular complexity index is 1090. The number of amides is 1. The van der Waals surface area contributed by atoms with E-state index in [4.69, 9.17) is 11.6 Å². The van der Waals surface area contributed by atoms with Crippen molar-refractivity contribution in [1.82, 2.24) is 4.31 Å².